The van der Waals surface area contributed by atoms with Crippen LogP contribution in [0.2, 0.25) is 0 Å². The molecule has 0 aliphatic carbocycles. The Morgan fingerprint density at radius 3 is 2.18 bits per heavy atom. The van der Waals surface area contributed by atoms with Crippen LogP contribution in [0.4, 0.5) is 13.2 Å². The lowest BCUT2D eigenvalue weighted by molar-refractivity contribution is -0.137. The molecule has 0 saturated heterocycles. The summed E-state index contributed by atoms with van der Waals surface area (Å²) >= 11 is 3.21. The molecular formula is C16H13BrF3NO. The van der Waals surface area contributed by atoms with Crippen molar-refractivity contribution >= 4 is 21.8 Å². The number of rotatable bonds is 4. The summed E-state index contributed by atoms with van der Waals surface area (Å²) in [5, 5.41) is 2.73. The van der Waals surface area contributed by atoms with Crippen molar-refractivity contribution in [3.8, 4) is 0 Å². The van der Waals surface area contributed by atoms with E-state index in [0.29, 0.717) is 12.1 Å². The maximum absolute atomic E-state index is 12.5. The van der Waals surface area contributed by atoms with Crippen molar-refractivity contribution in [2.75, 3.05) is 0 Å². The molecule has 0 radical (unpaired) electrons. The summed E-state index contributed by atoms with van der Waals surface area (Å²) in [5.41, 5.74) is 0.683. The molecule has 0 aliphatic rings. The van der Waals surface area contributed by atoms with E-state index >= 15 is 0 Å². The summed E-state index contributed by atoms with van der Waals surface area (Å²) in [7, 11) is 0. The molecule has 2 nitrogen and oxygen atoms in total. The van der Waals surface area contributed by atoms with E-state index in [1.54, 1.807) is 0 Å². The zero-order valence-electron chi connectivity index (χ0n) is 11.4. The van der Waals surface area contributed by atoms with E-state index < -0.39 is 16.6 Å². The van der Waals surface area contributed by atoms with E-state index in [1.807, 2.05) is 30.3 Å². The predicted molar refractivity (Wildman–Crippen MR) is 81.4 cm³/mol. The van der Waals surface area contributed by atoms with Gasteiger partial charge in [-0.2, -0.15) is 13.2 Å². The molecule has 22 heavy (non-hydrogen) atoms. The average Bonchev–Trinajstić information content (AvgIpc) is 2.52. The number of hydrogen-bond acceptors (Lipinski definition) is 1. The Labute approximate surface area is 134 Å². The van der Waals surface area contributed by atoms with Gasteiger partial charge in [-0.15, -0.1) is 0 Å². The van der Waals surface area contributed by atoms with Crippen LogP contribution in [0.3, 0.4) is 0 Å². The quantitative estimate of drug-likeness (QED) is 0.789. The molecule has 2 aromatic rings. The number of amides is 1. The number of hydrogen-bond donors (Lipinski definition) is 1. The fourth-order valence-corrected chi connectivity index (χ4v) is 2.33. The van der Waals surface area contributed by atoms with Gasteiger partial charge in [-0.1, -0.05) is 58.4 Å². The number of carbonyl (C=O) groups excluding carboxylic acids is 1. The molecule has 2 aromatic carbocycles. The largest absolute Gasteiger partial charge is 0.416 e. The lowest BCUT2D eigenvalue weighted by Crippen LogP contribution is -2.26. The first-order chi connectivity index (χ1) is 10.4. The molecule has 1 N–H and O–H groups in total. The Kier molecular flexibility index (Phi) is 5.24. The second-order valence-electron chi connectivity index (χ2n) is 4.69. The third-order valence-corrected chi connectivity index (χ3v) is 4.01. The zero-order chi connectivity index (χ0) is 16.2. The number of carbonyl (C=O) groups is 1. The van der Waals surface area contributed by atoms with Crippen molar-refractivity contribution in [1.82, 2.24) is 5.32 Å². The summed E-state index contributed by atoms with van der Waals surface area (Å²) in [4.78, 5) is 11.3. The first-order valence-electron chi connectivity index (χ1n) is 6.51. The Hall–Kier alpha value is -1.82. The highest BCUT2D eigenvalue weighted by Gasteiger charge is 2.30. The summed E-state index contributed by atoms with van der Waals surface area (Å²) < 4.78 is 37.5. The SMILES string of the molecule is O=C(NCc1ccccc1)C(Br)c1ccc(C(F)(F)F)cc1. The van der Waals surface area contributed by atoms with Crippen LogP contribution < -0.4 is 5.32 Å². The molecule has 0 saturated carbocycles. The Bertz CT molecular complexity index is 626. The van der Waals surface area contributed by atoms with Crippen LogP contribution in [0.1, 0.15) is 21.5 Å². The van der Waals surface area contributed by atoms with E-state index in [9.17, 15) is 18.0 Å². The highest BCUT2D eigenvalue weighted by Crippen LogP contribution is 2.31. The Balaban J connectivity index is 1.98. The lowest BCUT2D eigenvalue weighted by atomic mass is 10.1. The molecule has 116 valence electrons. The number of halogens is 4. The van der Waals surface area contributed by atoms with Gasteiger partial charge in [-0.3, -0.25) is 4.79 Å². The van der Waals surface area contributed by atoms with Crippen LogP contribution in [0, 0.1) is 0 Å². The van der Waals surface area contributed by atoms with Crippen molar-refractivity contribution in [2.45, 2.75) is 17.5 Å². The highest BCUT2D eigenvalue weighted by molar-refractivity contribution is 9.09. The maximum atomic E-state index is 12.5. The van der Waals surface area contributed by atoms with Gasteiger partial charge < -0.3 is 5.32 Å². The van der Waals surface area contributed by atoms with E-state index in [4.69, 9.17) is 0 Å². The maximum Gasteiger partial charge on any atom is 0.416 e. The third-order valence-electron chi connectivity index (χ3n) is 3.07. The fraction of sp³-hybridized carbons (Fsp3) is 0.188. The van der Waals surface area contributed by atoms with E-state index in [0.717, 1.165) is 17.7 Å². The summed E-state index contributed by atoms with van der Waals surface area (Å²) in [6, 6.07) is 13.9. The van der Waals surface area contributed by atoms with Crippen molar-refractivity contribution in [1.29, 1.82) is 0 Å². The molecule has 1 amide bonds. The molecule has 1 unspecified atom stereocenters. The molecule has 0 aromatic heterocycles. The predicted octanol–water partition coefficient (Wildman–Crippen LogP) is 4.46. The van der Waals surface area contributed by atoms with Crippen molar-refractivity contribution < 1.29 is 18.0 Å². The molecule has 0 heterocycles. The van der Waals surface area contributed by atoms with Crippen LogP contribution >= 0.6 is 15.9 Å². The molecule has 0 bridgehead atoms. The van der Waals surface area contributed by atoms with Crippen LogP contribution in [-0.2, 0) is 17.5 Å². The molecule has 0 aliphatic heterocycles. The molecule has 0 spiro atoms. The first-order valence-corrected chi connectivity index (χ1v) is 7.42. The Morgan fingerprint density at radius 1 is 1.05 bits per heavy atom. The molecule has 2 rings (SSSR count). The van der Waals surface area contributed by atoms with Crippen LogP contribution in [0.15, 0.2) is 54.6 Å². The van der Waals surface area contributed by atoms with E-state index in [1.165, 1.54) is 12.1 Å². The second-order valence-corrected chi connectivity index (χ2v) is 5.60. The standard InChI is InChI=1S/C16H13BrF3NO/c17-14(12-6-8-13(9-7-12)16(18,19)20)15(22)21-10-11-4-2-1-3-5-11/h1-9,14H,10H2,(H,21,22). The zero-order valence-corrected chi connectivity index (χ0v) is 13.0. The van der Waals surface area contributed by atoms with Gasteiger partial charge in [0.15, 0.2) is 0 Å². The van der Waals surface area contributed by atoms with Crippen LogP contribution in [0.5, 0.6) is 0 Å². The molecule has 1 atom stereocenters. The number of alkyl halides is 4. The smallest absolute Gasteiger partial charge is 0.351 e. The summed E-state index contributed by atoms with van der Waals surface area (Å²) in [6.45, 7) is 0.364. The Morgan fingerprint density at radius 2 is 1.64 bits per heavy atom. The summed E-state index contributed by atoms with van der Waals surface area (Å²) in [5.74, 6) is -0.302. The minimum absolute atomic E-state index is 0.302. The van der Waals surface area contributed by atoms with Crippen LogP contribution in [0.25, 0.3) is 0 Å². The fourth-order valence-electron chi connectivity index (χ4n) is 1.87. The van der Waals surface area contributed by atoms with Gasteiger partial charge in [0, 0.05) is 6.54 Å². The minimum Gasteiger partial charge on any atom is -0.351 e. The molecular weight excluding hydrogens is 359 g/mol. The van der Waals surface area contributed by atoms with Gasteiger partial charge in [0.05, 0.1) is 5.56 Å². The van der Waals surface area contributed by atoms with Gasteiger partial charge in [0.25, 0.3) is 0 Å². The summed E-state index contributed by atoms with van der Waals surface area (Å²) in [6.07, 6.45) is -4.38. The number of nitrogens with one attached hydrogen (secondary N) is 1. The monoisotopic (exact) mass is 371 g/mol. The van der Waals surface area contributed by atoms with Crippen molar-refractivity contribution in [3.63, 3.8) is 0 Å². The van der Waals surface area contributed by atoms with Crippen molar-refractivity contribution in [2.24, 2.45) is 0 Å². The second kappa shape index (κ2) is 6.96. The van der Waals surface area contributed by atoms with Gasteiger partial charge in [0.1, 0.15) is 4.83 Å². The van der Waals surface area contributed by atoms with E-state index in [-0.39, 0.29) is 5.91 Å². The van der Waals surface area contributed by atoms with E-state index in [2.05, 4.69) is 21.2 Å². The topological polar surface area (TPSA) is 29.1 Å². The number of benzene rings is 2. The highest BCUT2D eigenvalue weighted by atomic mass is 79.9. The lowest BCUT2D eigenvalue weighted by Gasteiger charge is -2.13. The third kappa shape index (κ3) is 4.34. The van der Waals surface area contributed by atoms with Gasteiger partial charge >= 0.3 is 6.18 Å². The molecule has 6 heteroatoms. The average molecular weight is 372 g/mol. The van der Waals surface area contributed by atoms with Crippen LogP contribution in [-0.4, -0.2) is 5.91 Å². The first kappa shape index (κ1) is 16.5. The van der Waals surface area contributed by atoms with Gasteiger partial charge in [-0.25, -0.2) is 0 Å². The normalized spacial score (nSPS) is 12.7. The van der Waals surface area contributed by atoms with Crippen molar-refractivity contribution in [3.05, 3.63) is 71.3 Å². The minimum atomic E-state index is -4.38. The molecule has 0 fully saturated rings. The van der Waals surface area contributed by atoms with Gasteiger partial charge in [-0.05, 0) is 23.3 Å². The van der Waals surface area contributed by atoms with Gasteiger partial charge in [0.2, 0.25) is 5.91 Å².